The van der Waals surface area contributed by atoms with Crippen molar-refractivity contribution in [1.82, 2.24) is 4.90 Å². The van der Waals surface area contributed by atoms with E-state index in [-0.39, 0.29) is 22.4 Å². The number of carbonyl (C=O) groups is 1. The number of hydrogen-bond acceptors (Lipinski definition) is 2. The highest BCUT2D eigenvalue weighted by Gasteiger charge is 2.27. The van der Waals surface area contributed by atoms with Crippen molar-refractivity contribution >= 4 is 17.5 Å². The lowest BCUT2D eigenvalue weighted by molar-refractivity contribution is 0.0591. The number of ether oxygens (including phenoxy) is 1. The van der Waals surface area contributed by atoms with Crippen LogP contribution in [0.2, 0.25) is 5.02 Å². The lowest BCUT2D eigenvalue weighted by Crippen LogP contribution is -2.42. The summed E-state index contributed by atoms with van der Waals surface area (Å²) in [5.41, 5.74) is -0.135. The molecule has 2 aromatic rings. The van der Waals surface area contributed by atoms with E-state index in [0.29, 0.717) is 25.9 Å². The molecule has 0 N–H and O–H groups in total. The van der Waals surface area contributed by atoms with E-state index in [1.807, 2.05) is 0 Å². The Labute approximate surface area is 148 Å². The molecule has 0 radical (unpaired) electrons. The molecule has 3 nitrogen and oxygen atoms in total. The fourth-order valence-electron chi connectivity index (χ4n) is 2.78. The molecule has 25 heavy (non-hydrogen) atoms. The summed E-state index contributed by atoms with van der Waals surface area (Å²) in [6, 6.07) is 7.45. The molecule has 0 bridgehead atoms. The summed E-state index contributed by atoms with van der Waals surface area (Å²) in [6.07, 6.45) is 0.762. The van der Waals surface area contributed by atoms with Crippen molar-refractivity contribution in [3.05, 3.63) is 64.4 Å². The van der Waals surface area contributed by atoms with E-state index in [2.05, 4.69) is 0 Å². The van der Waals surface area contributed by atoms with Gasteiger partial charge in [-0.3, -0.25) is 4.79 Å². The van der Waals surface area contributed by atoms with Crippen LogP contribution in [0, 0.1) is 17.5 Å². The molecular weight excluding hydrogens is 355 g/mol. The van der Waals surface area contributed by atoms with Crippen molar-refractivity contribution in [2.45, 2.75) is 18.9 Å². The second kappa shape index (κ2) is 7.35. The Morgan fingerprint density at radius 3 is 2.40 bits per heavy atom. The average molecular weight is 370 g/mol. The fourth-order valence-corrected chi connectivity index (χ4v) is 3.02. The summed E-state index contributed by atoms with van der Waals surface area (Å²) >= 11 is 5.93. The van der Waals surface area contributed by atoms with Crippen molar-refractivity contribution in [3.8, 4) is 5.75 Å². The molecule has 0 unspecified atom stereocenters. The molecule has 0 aliphatic carbocycles. The first-order valence-corrected chi connectivity index (χ1v) is 8.18. The predicted molar refractivity (Wildman–Crippen MR) is 87.3 cm³/mol. The van der Waals surface area contributed by atoms with E-state index >= 15 is 0 Å². The van der Waals surface area contributed by atoms with Gasteiger partial charge in [0.1, 0.15) is 17.7 Å². The molecular formula is C18H15ClF3NO2. The zero-order valence-corrected chi connectivity index (χ0v) is 13.9. The summed E-state index contributed by atoms with van der Waals surface area (Å²) < 4.78 is 45.6. The van der Waals surface area contributed by atoms with Gasteiger partial charge in [-0.05, 0) is 24.3 Å². The van der Waals surface area contributed by atoms with Crippen molar-refractivity contribution in [2.75, 3.05) is 13.1 Å². The fraction of sp³-hybridized carbons (Fsp3) is 0.278. The number of amides is 1. The molecule has 1 amide bonds. The molecule has 1 aliphatic rings. The number of likely N-dealkylation sites (tertiary alicyclic amines) is 1. The van der Waals surface area contributed by atoms with Crippen molar-refractivity contribution in [1.29, 1.82) is 0 Å². The first-order chi connectivity index (χ1) is 12.0. The zero-order valence-electron chi connectivity index (χ0n) is 13.1. The van der Waals surface area contributed by atoms with Crippen molar-refractivity contribution in [2.24, 2.45) is 0 Å². The van der Waals surface area contributed by atoms with Gasteiger partial charge in [-0.2, -0.15) is 0 Å². The largest absolute Gasteiger partial charge is 0.490 e. The van der Waals surface area contributed by atoms with Crippen LogP contribution in [0.3, 0.4) is 0 Å². The van der Waals surface area contributed by atoms with Crippen LogP contribution in [0.5, 0.6) is 5.75 Å². The monoisotopic (exact) mass is 369 g/mol. The highest BCUT2D eigenvalue weighted by Crippen LogP contribution is 2.25. The molecule has 0 spiro atoms. The Kier molecular flexibility index (Phi) is 5.18. The number of rotatable bonds is 3. The van der Waals surface area contributed by atoms with Crippen LogP contribution in [0.1, 0.15) is 23.2 Å². The standard InChI is InChI=1S/C18H15ClF3NO2/c19-13-2-1-3-15(21)17(13)18(24)23-8-6-11(7-9-23)25-12-4-5-14(20)16(22)10-12/h1-5,10-11H,6-9H2. The second-order valence-electron chi connectivity index (χ2n) is 5.78. The quantitative estimate of drug-likeness (QED) is 0.800. The van der Waals surface area contributed by atoms with Gasteiger partial charge in [0, 0.05) is 32.0 Å². The SMILES string of the molecule is O=C(c1c(F)cccc1Cl)N1CCC(Oc2ccc(F)c(F)c2)CC1. The summed E-state index contributed by atoms with van der Waals surface area (Å²) in [5, 5.41) is 0.0742. The minimum absolute atomic E-state index is 0.0742. The summed E-state index contributed by atoms with van der Waals surface area (Å²) in [7, 11) is 0. The van der Waals surface area contributed by atoms with E-state index in [9.17, 15) is 18.0 Å². The molecule has 1 aliphatic heterocycles. The molecule has 1 fully saturated rings. The van der Waals surface area contributed by atoms with Crippen LogP contribution in [-0.2, 0) is 0 Å². The number of hydrogen-bond donors (Lipinski definition) is 0. The summed E-state index contributed by atoms with van der Waals surface area (Å²) in [6.45, 7) is 0.718. The van der Waals surface area contributed by atoms with Crippen LogP contribution in [0.4, 0.5) is 13.2 Å². The van der Waals surface area contributed by atoms with E-state index in [4.69, 9.17) is 16.3 Å². The number of piperidine rings is 1. The van der Waals surface area contributed by atoms with Crippen molar-refractivity contribution < 1.29 is 22.7 Å². The highest BCUT2D eigenvalue weighted by atomic mass is 35.5. The molecule has 0 atom stereocenters. The lowest BCUT2D eigenvalue weighted by atomic mass is 10.1. The zero-order chi connectivity index (χ0) is 18.0. The topological polar surface area (TPSA) is 29.5 Å². The average Bonchev–Trinajstić information content (AvgIpc) is 2.58. The van der Waals surface area contributed by atoms with Gasteiger partial charge in [0.15, 0.2) is 11.6 Å². The van der Waals surface area contributed by atoms with E-state index in [0.717, 1.165) is 12.1 Å². The molecule has 132 valence electrons. The number of carbonyl (C=O) groups excluding carboxylic acids is 1. The van der Waals surface area contributed by atoms with Crippen LogP contribution >= 0.6 is 11.6 Å². The van der Waals surface area contributed by atoms with Crippen LogP contribution < -0.4 is 4.74 Å². The van der Waals surface area contributed by atoms with Gasteiger partial charge >= 0.3 is 0 Å². The van der Waals surface area contributed by atoms with Crippen LogP contribution in [-0.4, -0.2) is 30.0 Å². The first kappa shape index (κ1) is 17.6. The second-order valence-corrected chi connectivity index (χ2v) is 6.19. The van der Waals surface area contributed by atoms with Gasteiger partial charge in [0.25, 0.3) is 5.91 Å². The number of halogens is 4. The lowest BCUT2D eigenvalue weighted by Gasteiger charge is -2.32. The maximum Gasteiger partial charge on any atom is 0.258 e. The van der Waals surface area contributed by atoms with E-state index in [1.54, 1.807) is 0 Å². The third-order valence-corrected chi connectivity index (χ3v) is 4.41. The molecule has 3 rings (SSSR count). The van der Waals surface area contributed by atoms with Gasteiger partial charge in [-0.25, -0.2) is 13.2 Å². The van der Waals surface area contributed by atoms with Crippen molar-refractivity contribution in [3.63, 3.8) is 0 Å². The third kappa shape index (κ3) is 3.90. The maximum absolute atomic E-state index is 13.9. The van der Waals surface area contributed by atoms with Gasteiger partial charge < -0.3 is 9.64 Å². The summed E-state index contributed by atoms with van der Waals surface area (Å²) in [5.74, 6) is -2.79. The number of nitrogens with zero attached hydrogens (tertiary/aromatic N) is 1. The Morgan fingerprint density at radius 2 is 1.76 bits per heavy atom. The van der Waals surface area contributed by atoms with Gasteiger partial charge in [0.05, 0.1) is 10.6 Å². The highest BCUT2D eigenvalue weighted by molar-refractivity contribution is 6.33. The Hall–Kier alpha value is -2.21. The Balaban J connectivity index is 1.61. The van der Waals surface area contributed by atoms with E-state index in [1.165, 1.54) is 29.2 Å². The minimum Gasteiger partial charge on any atom is -0.490 e. The minimum atomic E-state index is -0.973. The Morgan fingerprint density at radius 1 is 1.04 bits per heavy atom. The first-order valence-electron chi connectivity index (χ1n) is 7.80. The molecule has 1 saturated heterocycles. The molecule has 0 saturated carbocycles. The molecule has 1 heterocycles. The molecule has 2 aromatic carbocycles. The van der Waals surface area contributed by atoms with Gasteiger partial charge in [-0.1, -0.05) is 17.7 Å². The summed E-state index contributed by atoms with van der Waals surface area (Å²) in [4.78, 5) is 14.0. The smallest absolute Gasteiger partial charge is 0.258 e. The van der Waals surface area contributed by atoms with Gasteiger partial charge in [-0.15, -0.1) is 0 Å². The van der Waals surface area contributed by atoms with E-state index < -0.39 is 23.4 Å². The van der Waals surface area contributed by atoms with Crippen LogP contribution in [0.15, 0.2) is 36.4 Å². The van der Waals surface area contributed by atoms with Gasteiger partial charge in [0.2, 0.25) is 0 Å². The Bertz CT molecular complexity index is 772. The third-order valence-electron chi connectivity index (χ3n) is 4.10. The normalized spacial score (nSPS) is 15.3. The molecule has 7 heteroatoms. The number of benzene rings is 2. The maximum atomic E-state index is 13.9. The predicted octanol–water partition coefficient (Wildman–Crippen LogP) is 4.44. The van der Waals surface area contributed by atoms with Crippen LogP contribution in [0.25, 0.3) is 0 Å². The molecule has 0 aromatic heterocycles.